The molecule has 0 aliphatic carbocycles. The second-order valence-corrected chi connectivity index (χ2v) is 5.15. The van der Waals surface area contributed by atoms with Crippen LogP contribution in [0.4, 0.5) is 5.82 Å². The third kappa shape index (κ3) is 3.85. The third-order valence-corrected chi connectivity index (χ3v) is 3.49. The summed E-state index contributed by atoms with van der Waals surface area (Å²) in [6, 6.07) is 8.43. The number of carbonyl (C=O) groups excluding carboxylic acids is 1. The van der Waals surface area contributed by atoms with Crippen LogP contribution in [0.25, 0.3) is 0 Å². The molecule has 4 N–H and O–H groups in total. The van der Waals surface area contributed by atoms with Crippen molar-refractivity contribution in [3.05, 3.63) is 57.7 Å². The fourth-order valence-corrected chi connectivity index (χ4v) is 2.25. The van der Waals surface area contributed by atoms with Crippen LogP contribution in [-0.2, 0) is 0 Å². The Kier molecular flexibility index (Phi) is 5.01. The number of halogens is 2. The number of hydrogen-bond acceptors (Lipinski definition) is 4. The Morgan fingerprint density at radius 3 is 2.67 bits per heavy atom. The summed E-state index contributed by atoms with van der Waals surface area (Å²) in [7, 11) is 0. The quantitative estimate of drug-likeness (QED) is 0.788. The molecule has 1 aromatic carbocycles. The van der Waals surface area contributed by atoms with E-state index in [0.717, 1.165) is 0 Å². The number of aliphatic hydroxyl groups excluding tert-OH is 1. The summed E-state index contributed by atoms with van der Waals surface area (Å²) in [4.78, 5) is 15.0. The smallest absolute Gasteiger partial charge is 0.250 e. The molecule has 0 aliphatic heterocycles. The molecule has 0 saturated carbocycles. The minimum absolute atomic E-state index is 0.173. The monoisotopic (exact) mass is 325 g/mol. The van der Waals surface area contributed by atoms with E-state index in [1.807, 2.05) is 0 Å². The average Bonchev–Trinajstić information content (AvgIpc) is 2.46. The van der Waals surface area contributed by atoms with Crippen LogP contribution in [0.1, 0.15) is 22.0 Å². The first kappa shape index (κ1) is 15.6. The number of aliphatic hydroxyl groups is 1. The van der Waals surface area contributed by atoms with Gasteiger partial charge < -0.3 is 16.2 Å². The minimum Gasteiger partial charge on any atom is -0.387 e. The largest absolute Gasteiger partial charge is 0.387 e. The third-order valence-electron chi connectivity index (χ3n) is 2.85. The Morgan fingerprint density at radius 1 is 1.33 bits per heavy atom. The van der Waals surface area contributed by atoms with E-state index in [9.17, 15) is 9.90 Å². The van der Waals surface area contributed by atoms with Crippen molar-refractivity contribution in [2.24, 2.45) is 5.73 Å². The molecule has 2 rings (SSSR count). The summed E-state index contributed by atoms with van der Waals surface area (Å²) in [6.07, 6.45) is 0.505. The fraction of sp³-hybridized carbons (Fsp3) is 0.143. The van der Waals surface area contributed by atoms with Gasteiger partial charge in [0, 0.05) is 23.3 Å². The van der Waals surface area contributed by atoms with Gasteiger partial charge in [-0.1, -0.05) is 41.4 Å². The normalized spacial score (nSPS) is 12.0. The summed E-state index contributed by atoms with van der Waals surface area (Å²) in [5.41, 5.74) is 5.96. The average molecular weight is 326 g/mol. The van der Waals surface area contributed by atoms with E-state index >= 15 is 0 Å². The lowest BCUT2D eigenvalue weighted by Gasteiger charge is -2.14. The van der Waals surface area contributed by atoms with Gasteiger partial charge >= 0.3 is 0 Å². The molecule has 0 aliphatic rings. The molecule has 2 aromatic rings. The van der Waals surface area contributed by atoms with Crippen molar-refractivity contribution in [1.82, 2.24) is 4.98 Å². The topological polar surface area (TPSA) is 88.2 Å². The SMILES string of the molecule is NC(=O)c1cnc(NCC(O)c2ccccc2Cl)c(Cl)c1. The molecule has 1 amide bonds. The molecule has 0 saturated heterocycles. The lowest BCUT2D eigenvalue weighted by Crippen LogP contribution is -2.15. The van der Waals surface area contributed by atoms with Crippen molar-refractivity contribution in [2.45, 2.75) is 6.10 Å². The van der Waals surface area contributed by atoms with Crippen molar-refractivity contribution in [1.29, 1.82) is 0 Å². The summed E-state index contributed by atoms with van der Waals surface area (Å²) < 4.78 is 0. The molecule has 1 aromatic heterocycles. The zero-order valence-electron chi connectivity index (χ0n) is 10.9. The first-order valence-corrected chi connectivity index (χ1v) is 6.86. The van der Waals surface area contributed by atoms with Crippen molar-refractivity contribution in [2.75, 3.05) is 11.9 Å². The molecular formula is C14H13Cl2N3O2. The lowest BCUT2D eigenvalue weighted by atomic mass is 10.1. The van der Waals surface area contributed by atoms with E-state index in [1.165, 1.54) is 12.3 Å². The zero-order valence-corrected chi connectivity index (χ0v) is 12.4. The number of nitrogens with one attached hydrogen (secondary N) is 1. The second-order valence-electron chi connectivity index (χ2n) is 4.34. The van der Waals surface area contributed by atoms with Crippen molar-refractivity contribution in [3.63, 3.8) is 0 Å². The summed E-state index contributed by atoms with van der Waals surface area (Å²) in [6.45, 7) is 0.173. The molecule has 1 heterocycles. The number of benzene rings is 1. The van der Waals surface area contributed by atoms with Gasteiger partial charge in [-0.25, -0.2) is 4.98 Å². The molecule has 0 radical (unpaired) electrons. The maximum atomic E-state index is 11.0. The number of pyridine rings is 1. The molecule has 0 bridgehead atoms. The van der Waals surface area contributed by atoms with Crippen molar-refractivity contribution >= 4 is 34.9 Å². The molecule has 0 spiro atoms. The Morgan fingerprint density at radius 2 is 2.05 bits per heavy atom. The number of rotatable bonds is 5. The van der Waals surface area contributed by atoms with Crippen LogP contribution < -0.4 is 11.1 Å². The summed E-state index contributed by atoms with van der Waals surface area (Å²) in [5.74, 6) is -0.250. The Hall–Kier alpha value is -1.82. The van der Waals surface area contributed by atoms with E-state index in [1.54, 1.807) is 24.3 Å². The summed E-state index contributed by atoms with van der Waals surface area (Å²) >= 11 is 12.0. The highest BCUT2D eigenvalue weighted by molar-refractivity contribution is 6.33. The van der Waals surface area contributed by atoms with Gasteiger partial charge in [-0.05, 0) is 12.1 Å². The van der Waals surface area contributed by atoms with Crippen LogP contribution in [-0.4, -0.2) is 22.5 Å². The van der Waals surface area contributed by atoms with E-state index in [4.69, 9.17) is 28.9 Å². The Bertz CT molecular complexity index is 664. The number of aromatic nitrogens is 1. The van der Waals surface area contributed by atoms with Gasteiger partial charge in [-0.3, -0.25) is 4.79 Å². The highest BCUT2D eigenvalue weighted by atomic mass is 35.5. The molecule has 110 valence electrons. The predicted molar refractivity (Wildman–Crippen MR) is 82.7 cm³/mol. The van der Waals surface area contributed by atoms with Gasteiger partial charge in [-0.15, -0.1) is 0 Å². The van der Waals surface area contributed by atoms with Crippen molar-refractivity contribution in [3.8, 4) is 0 Å². The number of primary amides is 1. The van der Waals surface area contributed by atoms with Gasteiger partial charge in [0.2, 0.25) is 5.91 Å². The summed E-state index contributed by atoms with van der Waals surface area (Å²) in [5, 5.41) is 13.7. The van der Waals surface area contributed by atoms with Crippen LogP contribution in [0.3, 0.4) is 0 Å². The highest BCUT2D eigenvalue weighted by Gasteiger charge is 2.13. The molecule has 5 nitrogen and oxygen atoms in total. The first-order chi connectivity index (χ1) is 9.99. The Balaban J connectivity index is 2.06. The van der Waals surface area contributed by atoms with Gasteiger partial charge in [0.05, 0.1) is 16.7 Å². The highest BCUT2D eigenvalue weighted by Crippen LogP contribution is 2.24. The first-order valence-electron chi connectivity index (χ1n) is 6.10. The van der Waals surface area contributed by atoms with E-state index in [0.29, 0.717) is 16.4 Å². The second kappa shape index (κ2) is 6.76. The van der Waals surface area contributed by atoms with E-state index < -0.39 is 12.0 Å². The molecule has 21 heavy (non-hydrogen) atoms. The van der Waals surface area contributed by atoms with E-state index in [-0.39, 0.29) is 17.1 Å². The van der Waals surface area contributed by atoms with Gasteiger partial charge in [-0.2, -0.15) is 0 Å². The van der Waals surface area contributed by atoms with Crippen LogP contribution in [0.5, 0.6) is 0 Å². The minimum atomic E-state index is -0.813. The lowest BCUT2D eigenvalue weighted by molar-refractivity contribution is 0.1000. The number of anilines is 1. The van der Waals surface area contributed by atoms with Gasteiger partial charge in [0.15, 0.2) is 0 Å². The molecule has 0 fully saturated rings. The van der Waals surface area contributed by atoms with Crippen LogP contribution in [0.2, 0.25) is 10.0 Å². The number of amides is 1. The number of hydrogen-bond donors (Lipinski definition) is 3. The zero-order chi connectivity index (χ0) is 15.4. The maximum Gasteiger partial charge on any atom is 0.250 e. The van der Waals surface area contributed by atoms with E-state index in [2.05, 4.69) is 10.3 Å². The van der Waals surface area contributed by atoms with Gasteiger partial charge in [0.25, 0.3) is 0 Å². The van der Waals surface area contributed by atoms with Crippen LogP contribution >= 0.6 is 23.2 Å². The number of nitrogens with zero attached hydrogens (tertiary/aromatic N) is 1. The fourth-order valence-electron chi connectivity index (χ4n) is 1.75. The van der Waals surface area contributed by atoms with Crippen LogP contribution in [0, 0.1) is 0 Å². The Labute approximate surface area is 131 Å². The predicted octanol–water partition coefficient (Wildman–Crippen LogP) is 2.63. The maximum absolute atomic E-state index is 11.0. The standard InChI is InChI=1S/C14H13Cl2N3O2/c15-10-4-2-1-3-9(10)12(20)7-19-14-11(16)5-8(6-18-14)13(17)21/h1-6,12,20H,7H2,(H2,17,21)(H,18,19). The van der Waals surface area contributed by atoms with Crippen LogP contribution in [0.15, 0.2) is 36.5 Å². The molecule has 1 atom stereocenters. The van der Waals surface area contributed by atoms with Gasteiger partial charge in [0.1, 0.15) is 5.82 Å². The molecular weight excluding hydrogens is 313 g/mol. The number of nitrogens with two attached hydrogens (primary N) is 1. The van der Waals surface area contributed by atoms with Crippen molar-refractivity contribution < 1.29 is 9.90 Å². The molecule has 7 heteroatoms. The number of carbonyl (C=O) groups is 1. The molecule has 1 unspecified atom stereocenters.